The summed E-state index contributed by atoms with van der Waals surface area (Å²) in [5.74, 6) is -0.268. The second-order valence-electron chi connectivity index (χ2n) is 5.42. The van der Waals surface area contributed by atoms with Crippen molar-refractivity contribution in [3.05, 3.63) is 64.2 Å². The minimum atomic E-state index is -0.218. The summed E-state index contributed by atoms with van der Waals surface area (Å²) in [5.41, 5.74) is 1.99. The highest BCUT2D eigenvalue weighted by Crippen LogP contribution is 2.23. The third-order valence-corrected chi connectivity index (χ3v) is 4.53. The lowest BCUT2D eigenvalue weighted by Gasteiger charge is -2.11. The van der Waals surface area contributed by atoms with Gasteiger partial charge < -0.3 is 10.2 Å². The number of thioether (sulfide) groups is 1. The van der Waals surface area contributed by atoms with Gasteiger partial charge in [0.15, 0.2) is 0 Å². The first-order chi connectivity index (χ1) is 11.4. The molecule has 0 aliphatic rings. The van der Waals surface area contributed by atoms with Gasteiger partial charge in [-0.15, -0.1) is 11.8 Å². The van der Waals surface area contributed by atoms with E-state index in [1.165, 1.54) is 4.90 Å². The van der Waals surface area contributed by atoms with Crippen molar-refractivity contribution in [2.45, 2.75) is 11.4 Å². The highest BCUT2D eigenvalue weighted by molar-refractivity contribution is 7.98. The van der Waals surface area contributed by atoms with Crippen molar-refractivity contribution in [2.24, 2.45) is 0 Å². The summed E-state index contributed by atoms with van der Waals surface area (Å²) in [6.07, 6.45) is 1.95. The summed E-state index contributed by atoms with van der Waals surface area (Å²) < 4.78 is 0. The van der Waals surface area contributed by atoms with Crippen LogP contribution in [-0.4, -0.2) is 37.1 Å². The molecule has 4 nitrogen and oxygen atoms in total. The van der Waals surface area contributed by atoms with Crippen LogP contribution in [0.2, 0.25) is 5.02 Å². The molecule has 1 N–H and O–H groups in total. The molecule has 0 aromatic heterocycles. The Balaban J connectivity index is 2.03. The van der Waals surface area contributed by atoms with Crippen LogP contribution in [0.5, 0.6) is 0 Å². The van der Waals surface area contributed by atoms with E-state index in [9.17, 15) is 9.59 Å². The van der Waals surface area contributed by atoms with Crippen LogP contribution < -0.4 is 5.32 Å². The number of hydrogen-bond acceptors (Lipinski definition) is 3. The summed E-state index contributed by atoms with van der Waals surface area (Å²) in [4.78, 5) is 26.7. The second-order valence-corrected chi connectivity index (χ2v) is 6.71. The molecule has 2 amide bonds. The molecular formula is C18H19ClN2O2S. The van der Waals surface area contributed by atoms with Gasteiger partial charge in [0, 0.05) is 31.1 Å². The number of carbonyl (C=O) groups excluding carboxylic acids is 2. The summed E-state index contributed by atoms with van der Waals surface area (Å²) in [6, 6.07) is 12.6. The Bertz CT molecular complexity index is 745. The van der Waals surface area contributed by atoms with E-state index in [4.69, 9.17) is 11.6 Å². The van der Waals surface area contributed by atoms with E-state index in [2.05, 4.69) is 5.32 Å². The number of rotatable bonds is 5. The topological polar surface area (TPSA) is 49.4 Å². The van der Waals surface area contributed by atoms with Gasteiger partial charge in [0.1, 0.15) is 0 Å². The summed E-state index contributed by atoms with van der Waals surface area (Å²) in [6.45, 7) is 0.370. The number of hydrogen-bond donors (Lipinski definition) is 1. The van der Waals surface area contributed by atoms with E-state index < -0.39 is 0 Å². The molecule has 0 saturated carbocycles. The summed E-state index contributed by atoms with van der Waals surface area (Å²) in [5, 5.41) is 3.28. The Hall–Kier alpha value is -1.98. The second kappa shape index (κ2) is 8.22. The van der Waals surface area contributed by atoms with E-state index in [1.807, 2.05) is 24.5 Å². The van der Waals surface area contributed by atoms with Crippen molar-refractivity contribution >= 4 is 35.2 Å². The Morgan fingerprint density at radius 2 is 1.79 bits per heavy atom. The van der Waals surface area contributed by atoms with Gasteiger partial charge in [0.05, 0.1) is 10.6 Å². The Morgan fingerprint density at radius 3 is 2.38 bits per heavy atom. The third-order valence-electron chi connectivity index (χ3n) is 3.48. The van der Waals surface area contributed by atoms with Gasteiger partial charge in [-0.2, -0.15) is 0 Å². The number of nitrogens with one attached hydrogen (secondary N) is 1. The maximum absolute atomic E-state index is 12.3. The number of nitrogens with zero attached hydrogens (tertiary/aromatic N) is 1. The molecule has 0 unspecified atom stereocenters. The van der Waals surface area contributed by atoms with Gasteiger partial charge >= 0.3 is 0 Å². The molecule has 2 aromatic rings. The minimum absolute atomic E-state index is 0.0498. The largest absolute Gasteiger partial charge is 0.348 e. The van der Waals surface area contributed by atoms with E-state index in [-0.39, 0.29) is 11.8 Å². The first kappa shape index (κ1) is 18.4. The fraction of sp³-hybridized carbons (Fsp3) is 0.222. The van der Waals surface area contributed by atoms with Crippen molar-refractivity contribution in [1.82, 2.24) is 10.2 Å². The van der Waals surface area contributed by atoms with Gasteiger partial charge in [0.25, 0.3) is 11.8 Å². The average Bonchev–Trinajstić information content (AvgIpc) is 2.59. The van der Waals surface area contributed by atoms with Crippen molar-refractivity contribution in [2.75, 3.05) is 20.4 Å². The van der Waals surface area contributed by atoms with Crippen LogP contribution in [0.1, 0.15) is 26.3 Å². The van der Waals surface area contributed by atoms with Crippen LogP contribution in [0.3, 0.4) is 0 Å². The van der Waals surface area contributed by atoms with Crippen LogP contribution in [-0.2, 0) is 6.54 Å². The maximum atomic E-state index is 12.3. The lowest BCUT2D eigenvalue weighted by molar-refractivity contribution is 0.0827. The van der Waals surface area contributed by atoms with Crippen molar-refractivity contribution in [3.63, 3.8) is 0 Å². The van der Waals surface area contributed by atoms with Crippen LogP contribution >= 0.6 is 23.4 Å². The van der Waals surface area contributed by atoms with E-state index in [1.54, 1.807) is 50.1 Å². The van der Waals surface area contributed by atoms with Gasteiger partial charge in [0.2, 0.25) is 0 Å². The predicted molar refractivity (Wildman–Crippen MR) is 98.9 cm³/mol. The standard InChI is InChI=1S/C18H19ClN2O2S/c1-21(2)18(23)13-6-4-12(5-7-13)11-20-17(22)15-10-14(24-3)8-9-16(15)19/h4-10H,11H2,1-3H3,(H,20,22). The number of benzene rings is 2. The van der Waals surface area contributed by atoms with Crippen molar-refractivity contribution in [1.29, 1.82) is 0 Å². The van der Waals surface area contributed by atoms with Crippen molar-refractivity contribution in [3.8, 4) is 0 Å². The molecule has 0 atom stereocenters. The van der Waals surface area contributed by atoms with Crippen LogP contribution in [0.25, 0.3) is 0 Å². The zero-order valence-corrected chi connectivity index (χ0v) is 15.4. The summed E-state index contributed by atoms with van der Waals surface area (Å²) >= 11 is 7.66. The number of halogens is 1. The smallest absolute Gasteiger partial charge is 0.253 e. The van der Waals surface area contributed by atoms with Crippen LogP contribution in [0, 0.1) is 0 Å². The molecule has 0 radical (unpaired) electrons. The van der Waals surface area contributed by atoms with Gasteiger partial charge in [-0.25, -0.2) is 0 Å². The van der Waals surface area contributed by atoms with Gasteiger partial charge in [-0.3, -0.25) is 9.59 Å². The fourth-order valence-corrected chi connectivity index (χ4v) is 2.75. The van der Waals surface area contributed by atoms with Gasteiger partial charge in [-0.1, -0.05) is 23.7 Å². The highest BCUT2D eigenvalue weighted by atomic mass is 35.5. The molecule has 0 aliphatic heterocycles. The van der Waals surface area contributed by atoms with E-state index in [0.29, 0.717) is 22.7 Å². The Labute approximate surface area is 151 Å². The lowest BCUT2D eigenvalue weighted by Crippen LogP contribution is -2.23. The first-order valence-corrected chi connectivity index (χ1v) is 8.95. The maximum Gasteiger partial charge on any atom is 0.253 e. The zero-order valence-electron chi connectivity index (χ0n) is 13.8. The van der Waals surface area contributed by atoms with E-state index >= 15 is 0 Å². The average molecular weight is 363 g/mol. The molecule has 2 aromatic carbocycles. The molecule has 0 saturated heterocycles. The molecule has 0 spiro atoms. The van der Waals surface area contributed by atoms with Gasteiger partial charge in [-0.05, 0) is 42.2 Å². The molecule has 126 valence electrons. The first-order valence-electron chi connectivity index (χ1n) is 7.34. The Morgan fingerprint density at radius 1 is 1.12 bits per heavy atom. The molecule has 0 bridgehead atoms. The molecule has 0 heterocycles. The van der Waals surface area contributed by atoms with E-state index in [0.717, 1.165) is 10.5 Å². The minimum Gasteiger partial charge on any atom is -0.348 e. The molecule has 0 fully saturated rings. The molecule has 0 aliphatic carbocycles. The Kier molecular flexibility index (Phi) is 6.29. The highest BCUT2D eigenvalue weighted by Gasteiger charge is 2.11. The molecule has 24 heavy (non-hydrogen) atoms. The van der Waals surface area contributed by atoms with Crippen LogP contribution in [0.15, 0.2) is 47.4 Å². The zero-order chi connectivity index (χ0) is 17.7. The fourth-order valence-electron chi connectivity index (χ4n) is 2.11. The lowest BCUT2D eigenvalue weighted by atomic mass is 10.1. The number of amides is 2. The molecular weight excluding hydrogens is 344 g/mol. The monoisotopic (exact) mass is 362 g/mol. The SMILES string of the molecule is CSc1ccc(Cl)c(C(=O)NCc2ccc(C(=O)N(C)C)cc2)c1. The quantitative estimate of drug-likeness (QED) is 0.825. The predicted octanol–water partition coefficient (Wildman–Crippen LogP) is 3.69. The number of carbonyl (C=O) groups is 2. The molecule has 2 rings (SSSR count). The van der Waals surface area contributed by atoms with Crippen LogP contribution in [0.4, 0.5) is 0 Å². The van der Waals surface area contributed by atoms with Crippen molar-refractivity contribution < 1.29 is 9.59 Å². The summed E-state index contributed by atoms with van der Waals surface area (Å²) in [7, 11) is 3.42. The normalized spacial score (nSPS) is 10.3. The molecule has 6 heteroatoms. The third kappa shape index (κ3) is 4.52.